The molecule has 0 bridgehead atoms. The lowest BCUT2D eigenvalue weighted by Gasteiger charge is -2.26. The average Bonchev–Trinajstić information content (AvgIpc) is 3.62. The summed E-state index contributed by atoms with van der Waals surface area (Å²) in [6.45, 7) is 0. The smallest absolute Gasteiger partial charge is 0.0888 e. The Balaban J connectivity index is 1.05. The van der Waals surface area contributed by atoms with Crippen molar-refractivity contribution in [1.29, 1.82) is 0 Å². The van der Waals surface area contributed by atoms with Gasteiger partial charge >= 0.3 is 0 Å². The number of rotatable bonds is 5. The first-order chi connectivity index (χ1) is 26.8. The molecular weight excluding hydrogens is 673 g/mol. The highest BCUT2D eigenvalue weighted by Crippen LogP contribution is 2.43. The van der Waals surface area contributed by atoms with Gasteiger partial charge in [0.25, 0.3) is 0 Å². The number of aromatic nitrogens is 1. The molecule has 2 nitrogen and oxygen atoms in total. The molecule has 252 valence electrons. The molecule has 11 rings (SSSR count). The highest BCUT2D eigenvalue weighted by atomic mass is 32.1. The fraction of sp³-hybridized carbons (Fsp3) is 0. The molecule has 54 heavy (non-hydrogen) atoms. The van der Waals surface area contributed by atoms with E-state index in [0.29, 0.717) is 0 Å². The van der Waals surface area contributed by atoms with Crippen LogP contribution < -0.4 is 4.90 Å². The molecule has 0 saturated carbocycles. The molecule has 0 N–H and O–H groups in total. The summed E-state index contributed by atoms with van der Waals surface area (Å²) in [5, 5.41) is 11.4. The van der Waals surface area contributed by atoms with Gasteiger partial charge in [-0.1, -0.05) is 121 Å². The normalized spacial score (nSPS) is 11.7. The number of pyridine rings is 1. The van der Waals surface area contributed by atoms with Crippen molar-refractivity contribution in [2.24, 2.45) is 0 Å². The zero-order valence-electron chi connectivity index (χ0n) is 29.3. The third kappa shape index (κ3) is 4.97. The van der Waals surface area contributed by atoms with E-state index < -0.39 is 0 Å². The Kier molecular flexibility index (Phi) is 7.07. The third-order valence-electron chi connectivity index (χ3n) is 10.9. The molecule has 9 aromatic carbocycles. The fourth-order valence-corrected chi connectivity index (χ4v) is 9.43. The maximum absolute atomic E-state index is 4.71. The first-order valence-corrected chi connectivity index (χ1v) is 19.2. The van der Waals surface area contributed by atoms with Crippen LogP contribution in [0.15, 0.2) is 194 Å². The van der Waals surface area contributed by atoms with Crippen LogP contribution >= 0.6 is 11.3 Å². The number of fused-ring (bicyclic) bond motifs is 9. The van der Waals surface area contributed by atoms with Crippen molar-refractivity contribution in [1.82, 2.24) is 4.98 Å². The highest BCUT2D eigenvalue weighted by Gasteiger charge is 2.17. The molecule has 11 aromatic rings. The van der Waals surface area contributed by atoms with Crippen LogP contribution in [0.1, 0.15) is 0 Å². The van der Waals surface area contributed by atoms with Crippen molar-refractivity contribution in [3.8, 4) is 22.3 Å². The van der Waals surface area contributed by atoms with Crippen molar-refractivity contribution < 1.29 is 0 Å². The van der Waals surface area contributed by atoms with E-state index >= 15 is 0 Å². The summed E-state index contributed by atoms with van der Waals surface area (Å²) >= 11 is 1.80. The third-order valence-corrected chi connectivity index (χ3v) is 12.0. The van der Waals surface area contributed by atoms with E-state index in [9.17, 15) is 0 Å². The Bertz CT molecular complexity index is 3050. The predicted molar refractivity (Wildman–Crippen MR) is 233 cm³/mol. The summed E-state index contributed by atoms with van der Waals surface area (Å²) in [5.74, 6) is 0. The van der Waals surface area contributed by atoms with Gasteiger partial charge in [0.1, 0.15) is 0 Å². The van der Waals surface area contributed by atoms with Crippen LogP contribution in [0.4, 0.5) is 17.1 Å². The maximum atomic E-state index is 4.71. The van der Waals surface area contributed by atoms with Crippen LogP contribution in [0.3, 0.4) is 0 Å². The summed E-state index contributed by atoms with van der Waals surface area (Å²) in [4.78, 5) is 7.09. The maximum Gasteiger partial charge on any atom is 0.0888 e. The van der Waals surface area contributed by atoms with Crippen LogP contribution in [-0.4, -0.2) is 4.98 Å². The molecule has 0 fully saturated rings. The topological polar surface area (TPSA) is 16.1 Å². The summed E-state index contributed by atoms with van der Waals surface area (Å²) in [7, 11) is 0. The first kappa shape index (κ1) is 30.8. The minimum atomic E-state index is 1.06. The Labute approximate surface area is 316 Å². The predicted octanol–water partition coefficient (Wildman–Crippen LogP) is 14.9. The number of hydrogen-bond acceptors (Lipinski definition) is 3. The second kappa shape index (κ2) is 12.4. The Morgan fingerprint density at radius 1 is 0.352 bits per heavy atom. The number of thiophene rings is 1. The van der Waals surface area contributed by atoms with Crippen LogP contribution in [0.2, 0.25) is 0 Å². The van der Waals surface area contributed by atoms with Crippen LogP contribution in [0.25, 0.3) is 85.6 Å². The SMILES string of the molecule is c1ccc2c(c1)cc(-c1ccc(N(c3ccc(-c4cc5ccccc5c5ccccc45)cc3)c3ccc4c(c3)sc3cccnc34)cc1)c1ccccc12. The zero-order valence-corrected chi connectivity index (χ0v) is 30.1. The van der Waals surface area contributed by atoms with Crippen LogP contribution in [0, 0.1) is 0 Å². The van der Waals surface area contributed by atoms with Crippen LogP contribution in [0.5, 0.6) is 0 Å². The molecule has 0 aliphatic carbocycles. The van der Waals surface area contributed by atoms with Crippen LogP contribution in [-0.2, 0) is 0 Å². The second-order valence-corrected chi connectivity index (χ2v) is 15.0. The Hall–Kier alpha value is -6.81. The largest absolute Gasteiger partial charge is 0.310 e. The van der Waals surface area contributed by atoms with Crippen molar-refractivity contribution >= 4 is 91.8 Å². The molecule has 0 aliphatic heterocycles. The number of hydrogen-bond donors (Lipinski definition) is 0. The molecular formula is C51H32N2S. The Morgan fingerprint density at radius 3 is 1.39 bits per heavy atom. The molecule has 0 saturated heterocycles. The average molecular weight is 705 g/mol. The van der Waals surface area contributed by atoms with Crippen molar-refractivity contribution in [3.05, 3.63) is 194 Å². The monoisotopic (exact) mass is 704 g/mol. The standard InChI is InChI=1S/C51H32N2S/c1-3-12-40-35(10-1)30-47(44-16-7-5-14-42(40)44)33-19-23-37(24-20-33)53(39-27-28-46-50(32-39)54-49-18-9-29-52-51(46)49)38-25-21-34(22-26-38)48-31-36-11-2-4-13-41(36)43-15-6-8-17-45(43)48/h1-32H. The number of benzene rings is 9. The molecule has 0 spiro atoms. The van der Waals surface area contributed by atoms with Gasteiger partial charge in [0, 0.05) is 33.3 Å². The minimum absolute atomic E-state index is 1.06. The Morgan fingerprint density at radius 2 is 0.833 bits per heavy atom. The van der Waals surface area contributed by atoms with Gasteiger partial charge in [-0.05, 0) is 132 Å². The molecule has 2 aromatic heterocycles. The molecule has 3 heteroatoms. The lowest BCUT2D eigenvalue weighted by molar-refractivity contribution is 1.29. The minimum Gasteiger partial charge on any atom is -0.310 e. The van der Waals surface area contributed by atoms with Gasteiger partial charge in [-0.2, -0.15) is 0 Å². The lowest BCUT2D eigenvalue weighted by atomic mass is 9.93. The lowest BCUT2D eigenvalue weighted by Crippen LogP contribution is -2.09. The van der Waals surface area contributed by atoms with Crippen molar-refractivity contribution in [2.45, 2.75) is 0 Å². The number of nitrogens with zero attached hydrogens (tertiary/aromatic N) is 2. The van der Waals surface area contributed by atoms with Gasteiger partial charge in [0.15, 0.2) is 0 Å². The van der Waals surface area contributed by atoms with Gasteiger partial charge < -0.3 is 4.90 Å². The quantitative estimate of drug-likeness (QED) is 0.166. The molecule has 0 unspecified atom stereocenters. The molecule has 2 heterocycles. The fourth-order valence-electron chi connectivity index (χ4n) is 8.34. The van der Waals surface area contributed by atoms with E-state index in [4.69, 9.17) is 4.98 Å². The van der Waals surface area contributed by atoms with Gasteiger partial charge in [-0.3, -0.25) is 4.98 Å². The highest BCUT2D eigenvalue weighted by molar-refractivity contribution is 7.25. The summed E-state index contributed by atoms with van der Waals surface area (Å²) in [6.07, 6.45) is 1.88. The molecule has 0 aliphatic rings. The first-order valence-electron chi connectivity index (χ1n) is 18.4. The molecule has 0 atom stereocenters. The summed E-state index contributed by atoms with van der Waals surface area (Å²) in [6, 6.07) is 68.7. The van der Waals surface area contributed by atoms with E-state index in [1.165, 1.54) is 80.1 Å². The van der Waals surface area contributed by atoms with E-state index in [-0.39, 0.29) is 0 Å². The molecule has 0 amide bonds. The van der Waals surface area contributed by atoms with E-state index in [2.05, 4.69) is 187 Å². The van der Waals surface area contributed by atoms with Gasteiger partial charge in [0.05, 0.1) is 10.2 Å². The summed E-state index contributed by atoms with van der Waals surface area (Å²) in [5.41, 5.74) is 9.27. The second-order valence-electron chi connectivity index (χ2n) is 13.9. The van der Waals surface area contributed by atoms with E-state index in [0.717, 1.165) is 22.6 Å². The van der Waals surface area contributed by atoms with E-state index in [1.54, 1.807) is 11.3 Å². The number of anilines is 3. The van der Waals surface area contributed by atoms with Gasteiger partial charge in [-0.15, -0.1) is 11.3 Å². The molecule has 0 radical (unpaired) electrons. The van der Waals surface area contributed by atoms with Gasteiger partial charge in [0.2, 0.25) is 0 Å². The van der Waals surface area contributed by atoms with Crippen molar-refractivity contribution in [2.75, 3.05) is 4.90 Å². The van der Waals surface area contributed by atoms with Crippen molar-refractivity contribution in [3.63, 3.8) is 0 Å². The zero-order chi connectivity index (χ0) is 35.6. The van der Waals surface area contributed by atoms with E-state index in [1.807, 2.05) is 12.3 Å². The van der Waals surface area contributed by atoms with Gasteiger partial charge in [-0.25, -0.2) is 0 Å². The summed E-state index contributed by atoms with van der Waals surface area (Å²) < 4.78 is 2.43.